The van der Waals surface area contributed by atoms with Crippen LogP contribution >= 0.6 is 0 Å². The third-order valence-corrected chi connectivity index (χ3v) is 6.00. The zero-order valence-corrected chi connectivity index (χ0v) is 22.4. The molecule has 1 aliphatic rings. The van der Waals surface area contributed by atoms with E-state index < -0.39 is 0 Å². The largest absolute Gasteiger partial charge is 0.368 e. The van der Waals surface area contributed by atoms with E-state index >= 15 is 0 Å². The molecule has 1 saturated heterocycles. The molecule has 4 heteroatoms. The van der Waals surface area contributed by atoms with Crippen LogP contribution < -0.4 is 5.32 Å². The Kier molecular flexibility index (Phi) is 11.0. The maximum atomic E-state index is 13.0. The number of benzene rings is 2. The quantitative estimate of drug-likeness (QED) is 0.379. The average Bonchev–Trinajstić information content (AvgIpc) is 3.27. The molecule has 1 aliphatic heterocycles. The highest BCUT2D eigenvalue weighted by molar-refractivity contribution is 5.82. The Labute approximate surface area is 211 Å². The van der Waals surface area contributed by atoms with Crippen LogP contribution in [0.3, 0.4) is 0 Å². The van der Waals surface area contributed by atoms with E-state index in [2.05, 4.69) is 66.5 Å². The molecule has 1 fully saturated rings. The van der Waals surface area contributed by atoms with Gasteiger partial charge in [0.15, 0.2) is 0 Å². The molecule has 0 aliphatic carbocycles. The van der Waals surface area contributed by atoms with Gasteiger partial charge in [0.2, 0.25) is 0 Å². The van der Waals surface area contributed by atoms with Gasteiger partial charge in [0.25, 0.3) is 0 Å². The van der Waals surface area contributed by atoms with Gasteiger partial charge in [-0.3, -0.25) is 4.98 Å². The van der Waals surface area contributed by atoms with E-state index in [9.17, 15) is 4.39 Å². The van der Waals surface area contributed by atoms with Gasteiger partial charge in [0.1, 0.15) is 5.82 Å². The SMILES string of the molecule is C=C(C)C.C=C(NCc1ccc(F)cc1C)N1CCC[C@H]1CC.Cc1ccc2cnc(C)cc2c1. The summed E-state index contributed by atoms with van der Waals surface area (Å²) in [5.41, 5.74) is 5.64. The number of nitrogens with zero attached hydrogens (tertiary/aromatic N) is 2. The number of aryl methyl sites for hydroxylation is 3. The number of aromatic nitrogens is 1. The summed E-state index contributed by atoms with van der Waals surface area (Å²) in [5.74, 6) is 0.818. The van der Waals surface area contributed by atoms with E-state index in [4.69, 9.17) is 0 Å². The highest BCUT2D eigenvalue weighted by Crippen LogP contribution is 2.23. The van der Waals surface area contributed by atoms with Crippen LogP contribution in [0.25, 0.3) is 10.8 Å². The van der Waals surface area contributed by atoms with Gasteiger partial charge in [-0.2, -0.15) is 0 Å². The fourth-order valence-electron chi connectivity index (χ4n) is 4.14. The van der Waals surface area contributed by atoms with E-state index in [1.807, 2.05) is 40.0 Å². The summed E-state index contributed by atoms with van der Waals surface area (Å²) in [6.45, 7) is 21.7. The van der Waals surface area contributed by atoms with Crippen molar-refractivity contribution in [3.05, 3.63) is 101 Å². The second kappa shape index (κ2) is 13.7. The normalized spacial score (nSPS) is 14.5. The lowest BCUT2D eigenvalue weighted by Crippen LogP contribution is -2.34. The second-order valence-corrected chi connectivity index (χ2v) is 9.65. The Morgan fingerprint density at radius 3 is 2.43 bits per heavy atom. The summed E-state index contributed by atoms with van der Waals surface area (Å²) in [6.07, 6.45) is 5.59. The molecule has 1 aromatic heterocycles. The van der Waals surface area contributed by atoms with Gasteiger partial charge in [-0.25, -0.2) is 4.39 Å². The van der Waals surface area contributed by atoms with Crippen molar-refractivity contribution in [2.24, 2.45) is 0 Å². The first-order valence-corrected chi connectivity index (χ1v) is 12.5. The molecule has 2 aromatic carbocycles. The van der Waals surface area contributed by atoms with Crippen molar-refractivity contribution in [3.63, 3.8) is 0 Å². The fraction of sp³-hybridized carbons (Fsp3) is 0.387. The fourth-order valence-corrected chi connectivity index (χ4v) is 4.14. The zero-order valence-electron chi connectivity index (χ0n) is 22.4. The third kappa shape index (κ3) is 9.20. The van der Waals surface area contributed by atoms with Crippen molar-refractivity contribution in [1.29, 1.82) is 0 Å². The van der Waals surface area contributed by atoms with Gasteiger partial charge >= 0.3 is 0 Å². The minimum atomic E-state index is -0.175. The minimum absolute atomic E-state index is 0.175. The van der Waals surface area contributed by atoms with E-state index in [1.165, 1.54) is 40.8 Å². The predicted molar refractivity (Wildman–Crippen MR) is 149 cm³/mol. The van der Waals surface area contributed by atoms with E-state index in [0.717, 1.165) is 35.6 Å². The van der Waals surface area contributed by atoms with Crippen LogP contribution in [-0.2, 0) is 6.54 Å². The first-order valence-electron chi connectivity index (χ1n) is 12.5. The summed E-state index contributed by atoms with van der Waals surface area (Å²) in [5, 5.41) is 5.87. The lowest BCUT2D eigenvalue weighted by molar-refractivity contribution is 0.292. The number of rotatable bonds is 5. The first-order chi connectivity index (χ1) is 16.6. The topological polar surface area (TPSA) is 28.2 Å². The molecule has 1 N–H and O–H groups in total. The number of hydrogen-bond acceptors (Lipinski definition) is 3. The molecule has 2 heterocycles. The zero-order chi connectivity index (χ0) is 26.0. The van der Waals surface area contributed by atoms with Crippen LogP contribution in [0.1, 0.15) is 62.4 Å². The molecule has 4 rings (SSSR count). The number of likely N-dealkylation sites (tertiary alicyclic amines) is 1. The van der Waals surface area contributed by atoms with Crippen molar-refractivity contribution >= 4 is 10.8 Å². The number of allylic oxidation sites excluding steroid dienone is 1. The molecule has 3 nitrogen and oxygen atoms in total. The van der Waals surface area contributed by atoms with Crippen LogP contribution in [0.4, 0.5) is 4.39 Å². The predicted octanol–water partition coefficient (Wildman–Crippen LogP) is 8.00. The van der Waals surface area contributed by atoms with Crippen LogP contribution in [0.2, 0.25) is 0 Å². The van der Waals surface area contributed by atoms with Gasteiger partial charge < -0.3 is 10.2 Å². The molecule has 0 bridgehead atoms. The highest BCUT2D eigenvalue weighted by Gasteiger charge is 2.23. The van der Waals surface area contributed by atoms with E-state index in [1.54, 1.807) is 6.07 Å². The Hall–Kier alpha value is -3.14. The first kappa shape index (κ1) is 28.1. The van der Waals surface area contributed by atoms with Gasteiger partial charge in [-0.15, -0.1) is 6.58 Å². The molecule has 0 spiro atoms. The summed E-state index contributed by atoms with van der Waals surface area (Å²) < 4.78 is 13.0. The Morgan fingerprint density at radius 1 is 1.06 bits per heavy atom. The smallest absolute Gasteiger partial charge is 0.123 e. The van der Waals surface area contributed by atoms with Gasteiger partial charge in [0.05, 0.1) is 5.82 Å². The highest BCUT2D eigenvalue weighted by atomic mass is 19.1. The molecular formula is C31H42FN3. The van der Waals surface area contributed by atoms with Crippen LogP contribution in [0, 0.1) is 26.6 Å². The number of pyridine rings is 1. The van der Waals surface area contributed by atoms with Crippen LogP contribution in [0.5, 0.6) is 0 Å². The molecule has 0 saturated carbocycles. The summed E-state index contributed by atoms with van der Waals surface area (Å²) in [6, 6.07) is 14.1. The molecule has 0 unspecified atom stereocenters. The van der Waals surface area contributed by atoms with Crippen molar-refractivity contribution in [1.82, 2.24) is 15.2 Å². The number of nitrogens with one attached hydrogen (secondary N) is 1. The lowest BCUT2D eigenvalue weighted by Gasteiger charge is -2.28. The molecular weight excluding hydrogens is 433 g/mol. The molecule has 35 heavy (non-hydrogen) atoms. The average molecular weight is 476 g/mol. The van der Waals surface area contributed by atoms with E-state index in [0.29, 0.717) is 12.6 Å². The van der Waals surface area contributed by atoms with Crippen molar-refractivity contribution in [2.75, 3.05) is 6.54 Å². The van der Waals surface area contributed by atoms with Gasteiger partial charge in [-0.05, 0) is 88.6 Å². The number of hydrogen-bond donors (Lipinski definition) is 1. The van der Waals surface area contributed by atoms with Gasteiger partial charge in [0, 0.05) is 36.4 Å². The second-order valence-electron chi connectivity index (χ2n) is 9.65. The Morgan fingerprint density at radius 2 is 1.77 bits per heavy atom. The Balaban J connectivity index is 0.000000229. The molecule has 0 radical (unpaired) electrons. The van der Waals surface area contributed by atoms with Crippen molar-refractivity contribution in [2.45, 2.75) is 73.4 Å². The molecule has 188 valence electrons. The van der Waals surface area contributed by atoms with Crippen LogP contribution in [0.15, 0.2) is 73.2 Å². The minimum Gasteiger partial charge on any atom is -0.368 e. The summed E-state index contributed by atoms with van der Waals surface area (Å²) in [4.78, 5) is 6.60. The van der Waals surface area contributed by atoms with Crippen molar-refractivity contribution < 1.29 is 4.39 Å². The number of halogens is 1. The third-order valence-electron chi connectivity index (χ3n) is 6.00. The van der Waals surface area contributed by atoms with Crippen LogP contribution in [-0.4, -0.2) is 22.5 Å². The van der Waals surface area contributed by atoms with E-state index in [-0.39, 0.29) is 5.82 Å². The van der Waals surface area contributed by atoms with Gasteiger partial charge in [-0.1, -0.05) is 48.9 Å². The summed E-state index contributed by atoms with van der Waals surface area (Å²) >= 11 is 0. The standard InChI is InChI=1S/C16H23FN2.C11H11N.C4H8/c1-4-16-6-5-9-19(16)13(3)18-11-14-7-8-15(17)10-12(14)2;1-8-3-4-10-7-12-9(2)6-11(10)5-8;1-4(2)3/h7-8,10,16,18H,3-6,9,11H2,1-2H3;3-7H,1-2H3;1H2,2-3H3/t16-;;/m1../s1. The Bertz CT molecular complexity index is 1090. The molecule has 0 amide bonds. The number of fused-ring (bicyclic) bond motifs is 1. The maximum absolute atomic E-state index is 13.0. The van der Waals surface area contributed by atoms with Crippen molar-refractivity contribution in [3.8, 4) is 0 Å². The monoisotopic (exact) mass is 475 g/mol. The maximum Gasteiger partial charge on any atom is 0.123 e. The molecule has 1 atom stereocenters. The summed E-state index contributed by atoms with van der Waals surface area (Å²) in [7, 11) is 0. The molecule has 3 aromatic rings. The lowest BCUT2D eigenvalue weighted by atomic mass is 10.1.